The lowest BCUT2D eigenvalue weighted by atomic mass is 9.54. The fourth-order valence-corrected chi connectivity index (χ4v) is 7.15. The standard InChI is InChI=1S/C21H24N2O/c1-2-13-12-22-10-9-21-16-5-3-4-6-17(16)23-19(24)8-7-14(20(21)23)15(13)11-18(21)22/h2-6,14-15,18,20H,7-12H2,1H3/b13-2+/t14-,15+,18+,20+,21-/m1/s1. The molecule has 0 aromatic heterocycles. The molecule has 0 radical (unpaired) electrons. The van der Waals surface area contributed by atoms with Crippen molar-refractivity contribution in [1.29, 1.82) is 0 Å². The van der Waals surface area contributed by atoms with Crippen molar-refractivity contribution in [3.8, 4) is 0 Å². The van der Waals surface area contributed by atoms with Gasteiger partial charge in [-0.3, -0.25) is 9.69 Å². The minimum absolute atomic E-state index is 0.201. The Morgan fingerprint density at radius 1 is 1.29 bits per heavy atom. The van der Waals surface area contributed by atoms with E-state index in [-0.39, 0.29) is 5.41 Å². The summed E-state index contributed by atoms with van der Waals surface area (Å²) in [6, 6.07) is 9.85. The van der Waals surface area contributed by atoms with Crippen molar-refractivity contribution in [2.75, 3.05) is 18.0 Å². The number of amides is 1. The summed E-state index contributed by atoms with van der Waals surface area (Å²) in [4.78, 5) is 17.9. The normalized spacial score (nSPS) is 44.0. The van der Waals surface area contributed by atoms with Crippen LogP contribution in [0, 0.1) is 11.8 Å². The average Bonchev–Trinajstić information content (AvgIpc) is 3.15. The lowest BCUT2D eigenvalue weighted by Gasteiger charge is -2.57. The van der Waals surface area contributed by atoms with Crippen LogP contribution < -0.4 is 4.90 Å². The van der Waals surface area contributed by atoms with Crippen LogP contribution in [-0.4, -0.2) is 36.0 Å². The van der Waals surface area contributed by atoms with Gasteiger partial charge in [0.05, 0.1) is 6.04 Å². The average molecular weight is 320 g/mol. The number of fused-ring (bicyclic) bond motifs is 4. The number of rotatable bonds is 0. The summed E-state index contributed by atoms with van der Waals surface area (Å²) in [5.41, 5.74) is 4.54. The second kappa shape index (κ2) is 4.32. The van der Waals surface area contributed by atoms with E-state index in [0.717, 1.165) is 19.4 Å². The summed E-state index contributed by atoms with van der Waals surface area (Å²) in [6.07, 6.45) is 6.72. The highest BCUT2D eigenvalue weighted by Crippen LogP contribution is 2.64. The minimum atomic E-state index is 0.201. The Kier molecular flexibility index (Phi) is 2.46. The second-order valence-corrected chi connectivity index (χ2v) is 8.41. The zero-order chi connectivity index (χ0) is 16.1. The number of piperidine rings is 2. The SMILES string of the molecule is C/C=C1\CN2CC[C@]34c5ccccc5N5C(=O)CC[C@@H]([C@H]53)[C@H]1C[C@H]24. The Balaban J connectivity index is 1.64. The van der Waals surface area contributed by atoms with Gasteiger partial charge in [0.2, 0.25) is 5.91 Å². The number of hydrogen-bond acceptors (Lipinski definition) is 2. The molecule has 0 unspecified atom stereocenters. The third-order valence-corrected chi connectivity index (χ3v) is 7.91. The quantitative estimate of drug-likeness (QED) is 0.686. The number of para-hydroxylation sites is 1. The molecule has 5 aliphatic rings. The molecule has 1 saturated carbocycles. The lowest BCUT2D eigenvalue weighted by molar-refractivity contribution is -0.123. The van der Waals surface area contributed by atoms with Crippen molar-refractivity contribution in [2.45, 2.75) is 50.1 Å². The second-order valence-electron chi connectivity index (χ2n) is 8.41. The van der Waals surface area contributed by atoms with Crippen LogP contribution in [0.2, 0.25) is 0 Å². The van der Waals surface area contributed by atoms with Crippen LogP contribution in [0.4, 0.5) is 5.69 Å². The van der Waals surface area contributed by atoms with Gasteiger partial charge >= 0.3 is 0 Å². The molecule has 1 aromatic carbocycles. The summed E-state index contributed by atoms with van der Waals surface area (Å²) in [6.45, 7) is 4.56. The Morgan fingerprint density at radius 2 is 2.17 bits per heavy atom. The maximum absolute atomic E-state index is 12.9. The summed E-state index contributed by atoms with van der Waals surface area (Å²) in [7, 11) is 0. The molecule has 124 valence electrons. The fraction of sp³-hybridized carbons (Fsp3) is 0.571. The Bertz CT molecular complexity index is 784. The highest BCUT2D eigenvalue weighted by atomic mass is 16.2. The number of carbonyl (C=O) groups excluding carboxylic acids is 1. The molecule has 1 amide bonds. The van der Waals surface area contributed by atoms with Crippen LogP contribution in [-0.2, 0) is 10.2 Å². The van der Waals surface area contributed by atoms with Crippen LogP contribution in [0.25, 0.3) is 0 Å². The molecule has 5 atom stereocenters. The van der Waals surface area contributed by atoms with Crippen molar-refractivity contribution in [3.05, 3.63) is 41.5 Å². The largest absolute Gasteiger partial charge is 0.308 e. The van der Waals surface area contributed by atoms with Crippen LogP contribution in [0.3, 0.4) is 0 Å². The van der Waals surface area contributed by atoms with Gasteiger partial charge in [0, 0.05) is 30.1 Å². The molecular weight excluding hydrogens is 296 g/mol. The molecule has 24 heavy (non-hydrogen) atoms. The van der Waals surface area contributed by atoms with Crippen LogP contribution in [0.5, 0.6) is 0 Å². The number of carbonyl (C=O) groups is 1. The van der Waals surface area contributed by atoms with E-state index in [1.165, 1.54) is 30.6 Å². The first kappa shape index (κ1) is 13.7. The molecule has 1 aromatic rings. The number of hydrogen-bond donors (Lipinski definition) is 0. The van der Waals surface area contributed by atoms with E-state index in [2.05, 4.69) is 47.1 Å². The van der Waals surface area contributed by atoms with Gasteiger partial charge in [-0.25, -0.2) is 0 Å². The highest BCUT2D eigenvalue weighted by molar-refractivity contribution is 5.98. The third kappa shape index (κ3) is 1.31. The number of nitrogens with zero attached hydrogens (tertiary/aromatic N) is 2. The van der Waals surface area contributed by atoms with Gasteiger partial charge < -0.3 is 4.90 Å². The number of benzene rings is 1. The number of anilines is 1. The van der Waals surface area contributed by atoms with E-state index >= 15 is 0 Å². The summed E-state index contributed by atoms with van der Waals surface area (Å²) >= 11 is 0. The van der Waals surface area contributed by atoms with Gasteiger partial charge in [-0.2, -0.15) is 0 Å². The predicted molar refractivity (Wildman–Crippen MR) is 94.0 cm³/mol. The van der Waals surface area contributed by atoms with Gasteiger partial charge in [-0.05, 0) is 56.2 Å². The molecule has 3 heteroatoms. The molecular formula is C21H24N2O. The van der Waals surface area contributed by atoms with Gasteiger partial charge in [0.25, 0.3) is 0 Å². The topological polar surface area (TPSA) is 23.6 Å². The third-order valence-electron chi connectivity index (χ3n) is 7.91. The monoisotopic (exact) mass is 320 g/mol. The molecule has 6 rings (SSSR count). The molecule has 3 nitrogen and oxygen atoms in total. The first-order chi connectivity index (χ1) is 11.8. The van der Waals surface area contributed by atoms with Crippen LogP contribution in [0.1, 0.15) is 38.2 Å². The molecule has 3 saturated heterocycles. The van der Waals surface area contributed by atoms with E-state index in [1.54, 1.807) is 5.57 Å². The molecule has 4 heterocycles. The van der Waals surface area contributed by atoms with Crippen LogP contribution in [0.15, 0.2) is 35.9 Å². The minimum Gasteiger partial charge on any atom is -0.308 e. The summed E-state index contributed by atoms with van der Waals surface area (Å²) in [5, 5.41) is 0. The first-order valence-electron chi connectivity index (χ1n) is 9.56. The Morgan fingerprint density at radius 3 is 3.04 bits per heavy atom. The van der Waals surface area contributed by atoms with Crippen molar-refractivity contribution < 1.29 is 4.79 Å². The summed E-state index contributed by atoms with van der Waals surface area (Å²) < 4.78 is 0. The van der Waals surface area contributed by atoms with Gasteiger partial charge in [-0.15, -0.1) is 0 Å². The molecule has 4 aliphatic heterocycles. The molecule has 1 spiro atoms. The van der Waals surface area contributed by atoms with Gasteiger partial charge in [0.1, 0.15) is 0 Å². The van der Waals surface area contributed by atoms with Crippen molar-refractivity contribution in [2.24, 2.45) is 11.8 Å². The van der Waals surface area contributed by atoms with E-state index in [9.17, 15) is 4.79 Å². The van der Waals surface area contributed by atoms with E-state index in [1.807, 2.05) is 0 Å². The predicted octanol–water partition coefficient (Wildman–Crippen LogP) is 3.10. The summed E-state index contributed by atoms with van der Waals surface area (Å²) in [5.74, 6) is 1.70. The zero-order valence-corrected chi connectivity index (χ0v) is 14.2. The van der Waals surface area contributed by atoms with Crippen molar-refractivity contribution >= 4 is 11.6 Å². The molecule has 1 aliphatic carbocycles. The first-order valence-corrected chi connectivity index (χ1v) is 9.56. The highest BCUT2D eigenvalue weighted by Gasteiger charge is 2.68. The van der Waals surface area contributed by atoms with E-state index in [4.69, 9.17) is 0 Å². The molecule has 2 bridgehead atoms. The Hall–Kier alpha value is -1.61. The van der Waals surface area contributed by atoms with Crippen molar-refractivity contribution in [3.63, 3.8) is 0 Å². The smallest absolute Gasteiger partial charge is 0.227 e. The fourth-order valence-electron chi connectivity index (χ4n) is 7.15. The van der Waals surface area contributed by atoms with Crippen molar-refractivity contribution in [1.82, 2.24) is 4.90 Å². The van der Waals surface area contributed by atoms with Gasteiger partial charge in [-0.1, -0.05) is 29.8 Å². The zero-order valence-electron chi connectivity index (χ0n) is 14.2. The van der Waals surface area contributed by atoms with E-state index < -0.39 is 0 Å². The lowest BCUT2D eigenvalue weighted by Crippen LogP contribution is -2.66. The maximum atomic E-state index is 12.9. The van der Waals surface area contributed by atoms with Gasteiger partial charge in [0.15, 0.2) is 0 Å². The molecule has 0 N–H and O–H groups in total. The Labute approximate surface area is 143 Å². The van der Waals surface area contributed by atoms with E-state index in [0.29, 0.717) is 29.8 Å². The van der Waals surface area contributed by atoms with Crippen LogP contribution >= 0.6 is 0 Å². The number of allylic oxidation sites excluding steroid dienone is 1. The maximum Gasteiger partial charge on any atom is 0.227 e. The molecule has 4 fully saturated rings.